The van der Waals surface area contributed by atoms with E-state index in [0.29, 0.717) is 6.61 Å². The summed E-state index contributed by atoms with van der Waals surface area (Å²) in [5, 5.41) is 4.09. The zero-order valence-electron chi connectivity index (χ0n) is 9.95. The van der Waals surface area contributed by atoms with Gasteiger partial charge in [0.25, 0.3) is 0 Å². The van der Waals surface area contributed by atoms with Gasteiger partial charge >= 0.3 is 0 Å². The summed E-state index contributed by atoms with van der Waals surface area (Å²) in [4.78, 5) is 0. The van der Waals surface area contributed by atoms with Crippen LogP contribution < -0.4 is 10.1 Å². The standard InChI is InChI=1S/C15H14ClNO/c16-14-7-2-1-5-12(14)13-6-3-4-11-10-17-8-9-18-15(11)13/h1-7,17H,8-10H2. The summed E-state index contributed by atoms with van der Waals surface area (Å²) in [5.41, 5.74) is 3.28. The third-order valence-corrected chi connectivity index (χ3v) is 3.43. The molecule has 0 saturated heterocycles. The first-order chi connectivity index (χ1) is 8.86. The molecule has 0 amide bonds. The van der Waals surface area contributed by atoms with Crippen molar-refractivity contribution in [2.45, 2.75) is 6.54 Å². The Morgan fingerprint density at radius 3 is 2.72 bits per heavy atom. The van der Waals surface area contributed by atoms with Gasteiger partial charge in [-0.2, -0.15) is 0 Å². The van der Waals surface area contributed by atoms with Crippen LogP contribution in [0.5, 0.6) is 5.75 Å². The van der Waals surface area contributed by atoms with Gasteiger partial charge in [0.1, 0.15) is 12.4 Å². The third kappa shape index (κ3) is 2.09. The lowest BCUT2D eigenvalue weighted by Crippen LogP contribution is -2.16. The topological polar surface area (TPSA) is 21.3 Å². The van der Waals surface area contributed by atoms with Gasteiger partial charge in [-0.15, -0.1) is 0 Å². The van der Waals surface area contributed by atoms with E-state index in [1.165, 1.54) is 5.56 Å². The predicted molar refractivity (Wildman–Crippen MR) is 74.1 cm³/mol. The van der Waals surface area contributed by atoms with Gasteiger partial charge in [-0.1, -0.05) is 48.0 Å². The van der Waals surface area contributed by atoms with Gasteiger partial charge in [-0.3, -0.25) is 0 Å². The number of para-hydroxylation sites is 1. The van der Waals surface area contributed by atoms with Crippen LogP contribution in [0.4, 0.5) is 0 Å². The lowest BCUT2D eigenvalue weighted by molar-refractivity contribution is 0.327. The van der Waals surface area contributed by atoms with Crippen LogP contribution in [0.25, 0.3) is 11.1 Å². The quantitative estimate of drug-likeness (QED) is 0.847. The highest BCUT2D eigenvalue weighted by molar-refractivity contribution is 6.33. The minimum Gasteiger partial charge on any atom is -0.491 e. The molecule has 0 spiro atoms. The minimum atomic E-state index is 0.689. The van der Waals surface area contributed by atoms with Crippen LogP contribution in [0.1, 0.15) is 5.56 Å². The lowest BCUT2D eigenvalue weighted by atomic mass is 10.0. The average molecular weight is 260 g/mol. The Bertz CT molecular complexity index is 568. The van der Waals surface area contributed by atoms with Crippen LogP contribution in [0, 0.1) is 0 Å². The molecule has 0 saturated carbocycles. The van der Waals surface area contributed by atoms with Crippen molar-refractivity contribution in [3.05, 3.63) is 53.1 Å². The lowest BCUT2D eigenvalue weighted by Gasteiger charge is -2.13. The maximum absolute atomic E-state index is 6.27. The summed E-state index contributed by atoms with van der Waals surface area (Å²) < 4.78 is 5.87. The minimum absolute atomic E-state index is 0.689. The highest BCUT2D eigenvalue weighted by Gasteiger charge is 2.15. The highest BCUT2D eigenvalue weighted by Crippen LogP contribution is 2.37. The Hall–Kier alpha value is -1.51. The molecule has 18 heavy (non-hydrogen) atoms. The zero-order chi connectivity index (χ0) is 12.4. The van der Waals surface area contributed by atoms with Crippen molar-refractivity contribution < 1.29 is 4.74 Å². The predicted octanol–water partition coefficient (Wildman–Crippen LogP) is 3.49. The van der Waals surface area contributed by atoms with Crippen LogP contribution in [0.15, 0.2) is 42.5 Å². The van der Waals surface area contributed by atoms with Crippen molar-refractivity contribution in [3.63, 3.8) is 0 Å². The molecular weight excluding hydrogens is 246 g/mol. The maximum atomic E-state index is 6.27. The first-order valence-electron chi connectivity index (χ1n) is 6.06. The summed E-state index contributed by atoms with van der Waals surface area (Å²) in [6, 6.07) is 14.1. The molecule has 1 heterocycles. The molecule has 0 aromatic heterocycles. The molecule has 0 bridgehead atoms. The second-order valence-electron chi connectivity index (χ2n) is 4.30. The molecule has 0 fully saturated rings. The van der Waals surface area contributed by atoms with Crippen LogP contribution in [-0.4, -0.2) is 13.2 Å². The normalized spacial score (nSPS) is 14.5. The fourth-order valence-corrected chi connectivity index (χ4v) is 2.47. The number of rotatable bonds is 1. The van der Waals surface area contributed by atoms with Crippen LogP contribution in [0.2, 0.25) is 5.02 Å². The average Bonchev–Trinajstić information content (AvgIpc) is 2.64. The number of hydrogen-bond donors (Lipinski definition) is 1. The van der Waals surface area contributed by atoms with Crippen LogP contribution in [-0.2, 0) is 6.54 Å². The van der Waals surface area contributed by atoms with Gasteiger partial charge in [-0.05, 0) is 6.07 Å². The van der Waals surface area contributed by atoms with Crippen molar-refractivity contribution in [1.29, 1.82) is 0 Å². The summed E-state index contributed by atoms with van der Waals surface area (Å²) in [7, 11) is 0. The zero-order valence-corrected chi connectivity index (χ0v) is 10.7. The molecule has 92 valence electrons. The summed E-state index contributed by atoms with van der Waals surface area (Å²) in [6.45, 7) is 2.40. The Morgan fingerprint density at radius 2 is 1.83 bits per heavy atom. The molecule has 1 N–H and O–H groups in total. The monoisotopic (exact) mass is 259 g/mol. The van der Waals surface area contributed by atoms with Gasteiger partial charge < -0.3 is 10.1 Å². The van der Waals surface area contributed by atoms with E-state index < -0.39 is 0 Å². The van der Waals surface area contributed by atoms with Gasteiger partial charge in [0, 0.05) is 34.8 Å². The van der Waals surface area contributed by atoms with Crippen LogP contribution >= 0.6 is 11.6 Å². The first kappa shape index (κ1) is 11.6. The van der Waals surface area contributed by atoms with Gasteiger partial charge in [0.2, 0.25) is 0 Å². The van der Waals surface area contributed by atoms with Gasteiger partial charge in [0.05, 0.1) is 0 Å². The second-order valence-corrected chi connectivity index (χ2v) is 4.71. The molecule has 0 atom stereocenters. The molecule has 1 aliphatic rings. The van der Waals surface area contributed by atoms with E-state index in [1.807, 2.05) is 30.3 Å². The molecule has 0 aliphatic carbocycles. The molecule has 3 heteroatoms. The summed E-state index contributed by atoms with van der Waals surface area (Å²) in [5.74, 6) is 0.954. The van der Waals surface area contributed by atoms with E-state index in [9.17, 15) is 0 Å². The van der Waals surface area contributed by atoms with Gasteiger partial charge in [0.15, 0.2) is 0 Å². The Kier molecular flexibility index (Phi) is 3.22. The van der Waals surface area contributed by atoms with Crippen molar-refractivity contribution >= 4 is 11.6 Å². The van der Waals surface area contributed by atoms with E-state index in [-0.39, 0.29) is 0 Å². The Balaban J connectivity index is 2.16. The van der Waals surface area contributed by atoms with Crippen molar-refractivity contribution in [3.8, 4) is 16.9 Å². The fraction of sp³-hybridized carbons (Fsp3) is 0.200. The number of hydrogen-bond acceptors (Lipinski definition) is 2. The van der Waals surface area contributed by atoms with Crippen molar-refractivity contribution in [2.24, 2.45) is 0 Å². The largest absolute Gasteiger partial charge is 0.491 e. The van der Waals surface area contributed by atoms with Crippen molar-refractivity contribution in [1.82, 2.24) is 5.32 Å². The first-order valence-corrected chi connectivity index (χ1v) is 6.44. The molecule has 0 unspecified atom stereocenters. The van der Waals surface area contributed by atoms with E-state index in [2.05, 4.69) is 17.4 Å². The second kappa shape index (κ2) is 5.01. The maximum Gasteiger partial charge on any atom is 0.131 e. The fourth-order valence-electron chi connectivity index (χ4n) is 2.23. The van der Waals surface area contributed by atoms with E-state index in [1.54, 1.807) is 0 Å². The number of ether oxygens (including phenoxy) is 1. The van der Waals surface area contributed by atoms with E-state index >= 15 is 0 Å². The number of nitrogens with one attached hydrogen (secondary N) is 1. The van der Waals surface area contributed by atoms with Gasteiger partial charge in [-0.25, -0.2) is 0 Å². The Labute approximate surface area is 112 Å². The third-order valence-electron chi connectivity index (χ3n) is 3.10. The van der Waals surface area contributed by atoms with Crippen molar-refractivity contribution in [2.75, 3.05) is 13.2 Å². The molecule has 0 radical (unpaired) electrons. The molecule has 2 aromatic carbocycles. The molecular formula is C15H14ClNO. The van der Waals surface area contributed by atoms with E-state index in [4.69, 9.17) is 16.3 Å². The molecule has 2 aromatic rings. The molecule has 3 rings (SSSR count). The van der Waals surface area contributed by atoms with E-state index in [0.717, 1.165) is 35.0 Å². The number of benzene rings is 2. The molecule has 2 nitrogen and oxygen atoms in total. The number of halogens is 1. The Morgan fingerprint density at radius 1 is 1.00 bits per heavy atom. The number of fused-ring (bicyclic) bond motifs is 1. The highest BCUT2D eigenvalue weighted by atomic mass is 35.5. The van der Waals surface area contributed by atoms with Crippen LogP contribution in [0.3, 0.4) is 0 Å². The summed E-state index contributed by atoms with van der Waals surface area (Å²) in [6.07, 6.45) is 0. The molecule has 1 aliphatic heterocycles. The smallest absolute Gasteiger partial charge is 0.131 e. The SMILES string of the molecule is Clc1ccccc1-c1cccc2c1OCCNC2. The summed E-state index contributed by atoms with van der Waals surface area (Å²) >= 11 is 6.27.